The lowest BCUT2D eigenvalue weighted by atomic mass is 10.0. The Labute approximate surface area is 670 Å². The number of aliphatic carboxylic acids is 1. The number of ether oxygens (including phenoxy) is 4. The first-order valence-corrected chi connectivity index (χ1v) is 49.2. The van der Waals surface area contributed by atoms with Crippen LogP contribution in [0.3, 0.4) is 0 Å². The minimum atomic E-state index is -1.62. The van der Waals surface area contributed by atoms with Crippen LogP contribution in [0.15, 0.2) is 0 Å². The molecule has 2 unspecified atom stereocenters. The van der Waals surface area contributed by atoms with E-state index < -0.39 is 24.3 Å². The van der Waals surface area contributed by atoms with Gasteiger partial charge < -0.3 is 33.3 Å². The van der Waals surface area contributed by atoms with Gasteiger partial charge >= 0.3 is 11.9 Å². The van der Waals surface area contributed by atoms with Crippen molar-refractivity contribution in [2.45, 2.75) is 566 Å². The van der Waals surface area contributed by atoms with Crippen LogP contribution in [-0.4, -0.2) is 82.3 Å². The first-order chi connectivity index (χ1) is 52.6. The van der Waals surface area contributed by atoms with Crippen LogP contribution < -0.4 is 5.11 Å². The van der Waals surface area contributed by atoms with Crippen LogP contribution in [-0.2, 0) is 33.3 Å². The van der Waals surface area contributed by atoms with Gasteiger partial charge in [-0.25, -0.2) is 0 Å². The van der Waals surface area contributed by atoms with E-state index in [2.05, 4.69) is 13.8 Å². The number of carbonyl (C=O) groups excluding carboxylic acids is 3. The quantitative estimate of drug-likeness (QED) is 0.0256. The number of rotatable bonds is 95. The van der Waals surface area contributed by atoms with Crippen molar-refractivity contribution in [2.75, 3.05) is 47.5 Å². The summed E-state index contributed by atoms with van der Waals surface area (Å²) >= 11 is 0. The molecular weight excluding hydrogens is 1320 g/mol. The van der Waals surface area contributed by atoms with Gasteiger partial charge in [-0.15, -0.1) is 0 Å². The molecule has 0 fully saturated rings. The summed E-state index contributed by atoms with van der Waals surface area (Å²) in [5, 5.41) is 11.9. The highest BCUT2D eigenvalue weighted by molar-refractivity contribution is 5.70. The summed E-state index contributed by atoms with van der Waals surface area (Å²) < 4.78 is 23.0. The predicted octanol–water partition coefficient (Wildman–Crippen LogP) is 31.1. The van der Waals surface area contributed by atoms with Gasteiger partial charge in [0.25, 0.3) is 0 Å². The maximum absolute atomic E-state index is 13.0. The number of hydrogen-bond donors (Lipinski definition) is 0. The van der Waals surface area contributed by atoms with E-state index in [1.807, 2.05) is 21.1 Å². The summed E-state index contributed by atoms with van der Waals surface area (Å²) in [5.74, 6) is -2.23. The molecule has 0 aromatic heterocycles. The third-order valence-electron chi connectivity index (χ3n) is 23.4. The van der Waals surface area contributed by atoms with Crippen LogP contribution in [0.5, 0.6) is 0 Å². The molecule has 0 aliphatic heterocycles. The van der Waals surface area contributed by atoms with Crippen LogP contribution in [0.25, 0.3) is 0 Å². The molecule has 0 aromatic rings. The second-order valence-electron chi connectivity index (χ2n) is 35.4. The number of carbonyl (C=O) groups is 3. The van der Waals surface area contributed by atoms with Gasteiger partial charge in [-0.2, -0.15) is 0 Å². The summed E-state index contributed by atoms with van der Waals surface area (Å²) in [6.07, 6.45) is 112. The third kappa shape index (κ3) is 91.4. The number of hydrogen-bond acceptors (Lipinski definition) is 8. The minimum absolute atomic E-state index is 0.154. The molecule has 0 amide bonds. The number of unbranched alkanes of at least 4 members (excludes halogenated alkanes) is 80. The number of carboxylic acid groups (broad SMARTS) is 1. The molecular formula is C98H193NO8. The van der Waals surface area contributed by atoms with E-state index in [0.717, 1.165) is 38.5 Å². The molecule has 0 rings (SSSR count). The van der Waals surface area contributed by atoms with Crippen molar-refractivity contribution in [1.29, 1.82) is 0 Å². The summed E-state index contributed by atoms with van der Waals surface area (Å²) in [5.41, 5.74) is 0. The van der Waals surface area contributed by atoms with Crippen molar-refractivity contribution in [3.63, 3.8) is 0 Å². The Morgan fingerprint density at radius 3 is 0.598 bits per heavy atom. The molecule has 0 bridgehead atoms. The number of likely N-dealkylation sites (N-methyl/N-ethyl adjacent to an activating group) is 1. The smallest absolute Gasteiger partial charge is 0.306 e. The third-order valence-corrected chi connectivity index (χ3v) is 23.4. The summed E-state index contributed by atoms with van der Waals surface area (Å²) in [6.45, 7) is 4.87. The molecule has 0 heterocycles. The molecule has 0 saturated heterocycles. The molecule has 0 aliphatic rings. The fraction of sp³-hybridized carbons (Fsp3) is 0.969. The average molecular weight is 1510 g/mol. The first kappa shape index (κ1) is 105. The normalized spacial score (nSPS) is 12.4. The van der Waals surface area contributed by atoms with Crippen molar-refractivity contribution in [3.05, 3.63) is 0 Å². The van der Waals surface area contributed by atoms with Gasteiger partial charge in [0.2, 0.25) is 0 Å². The number of nitrogens with zero attached hydrogens (tertiary/aromatic N) is 1. The van der Waals surface area contributed by atoms with Gasteiger partial charge in [-0.3, -0.25) is 9.59 Å². The van der Waals surface area contributed by atoms with E-state index in [4.69, 9.17) is 18.9 Å². The van der Waals surface area contributed by atoms with Crippen molar-refractivity contribution >= 4 is 17.9 Å². The molecule has 9 nitrogen and oxygen atoms in total. The van der Waals surface area contributed by atoms with Crippen molar-refractivity contribution in [3.8, 4) is 0 Å². The molecule has 0 N–H and O–H groups in total. The standard InChI is InChI=1S/C98H193NO8/c1-6-8-10-12-14-16-18-20-22-24-26-28-30-32-34-36-38-40-42-44-46-48-50-52-54-56-58-60-62-64-66-68-70-72-74-76-78-80-82-84-86-88-95(100)105-92-94(93-106-98(97(102)103)104-91-90-99(3,4)5)107-96(101)89-87-85-83-81-79-77-75-73-71-69-67-65-63-61-59-57-55-53-51-49-47-45-43-41-39-37-35-33-31-29-27-25-23-21-19-17-15-13-11-9-7-2/h94,98H,6-93H2,1-5H3. The highest BCUT2D eigenvalue weighted by Crippen LogP contribution is 2.23. The lowest BCUT2D eigenvalue weighted by Gasteiger charge is -2.26. The predicted molar refractivity (Wildman–Crippen MR) is 464 cm³/mol. The average Bonchev–Trinajstić information content (AvgIpc) is 0.928. The van der Waals surface area contributed by atoms with Crippen LogP contribution >= 0.6 is 0 Å². The minimum Gasteiger partial charge on any atom is -0.545 e. The topological polar surface area (TPSA) is 111 Å². The van der Waals surface area contributed by atoms with Crippen LogP contribution in [0.2, 0.25) is 0 Å². The Balaban J connectivity index is 3.82. The van der Waals surface area contributed by atoms with E-state index in [0.29, 0.717) is 17.4 Å². The molecule has 0 spiro atoms. The van der Waals surface area contributed by atoms with Gasteiger partial charge in [0, 0.05) is 12.8 Å². The Bertz CT molecular complexity index is 1720. The fourth-order valence-corrected chi connectivity index (χ4v) is 15.9. The summed E-state index contributed by atoms with van der Waals surface area (Å²) in [4.78, 5) is 37.7. The molecule has 0 saturated carbocycles. The first-order valence-electron chi connectivity index (χ1n) is 49.2. The second-order valence-corrected chi connectivity index (χ2v) is 35.4. The van der Waals surface area contributed by atoms with Gasteiger partial charge in [0.1, 0.15) is 13.2 Å². The molecule has 638 valence electrons. The Hall–Kier alpha value is -1.71. The summed E-state index contributed by atoms with van der Waals surface area (Å²) in [7, 11) is 5.97. The van der Waals surface area contributed by atoms with Crippen molar-refractivity contribution in [2.24, 2.45) is 0 Å². The maximum Gasteiger partial charge on any atom is 0.306 e. The largest absolute Gasteiger partial charge is 0.545 e. The van der Waals surface area contributed by atoms with E-state index in [1.54, 1.807) is 0 Å². The Kier molecular flexibility index (Phi) is 88.4. The van der Waals surface area contributed by atoms with Gasteiger partial charge in [-0.1, -0.05) is 528 Å². The van der Waals surface area contributed by atoms with Crippen LogP contribution in [0.4, 0.5) is 0 Å². The van der Waals surface area contributed by atoms with E-state index >= 15 is 0 Å². The van der Waals surface area contributed by atoms with Gasteiger partial charge in [0.05, 0.1) is 40.3 Å². The van der Waals surface area contributed by atoms with E-state index in [9.17, 15) is 19.5 Å². The second kappa shape index (κ2) is 89.8. The zero-order valence-corrected chi connectivity index (χ0v) is 73.6. The van der Waals surface area contributed by atoms with E-state index in [1.165, 1.54) is 488 Å². The molecule has 107 heavy (non-hydrogen) atoms. The number of quaternary nitrogens is 1. The van der Waals surface area contributed by atoms with Crippen molar-refractivity contribution in [1.82, 2.24) is 0 Å². The molecule has 2 atom stereocenters. The Morgan fingerprint density at radius 2 is 0.421 bits per heavy atom. The molecule has 0 aromatic carbocycles. The van der Waals surface area contributed by atoms with Crippen LogP contribution in [0.1, 0.15) is 553 Å². The van der Waals surface area contributed by atoms with Gasteiger partial charge in [-0.05, 0) is 12.8 Å². The zero-order chi connectivity index (χ0) is 77.4. The summed E-state index contributed by atoms with van der Waals surface area (Å²) in [6, 6.07) is 0. The maximum atomic E-state index is 13.0. The molecule has 9 heteroatoms. The SMILES string of the molecule is CCCCCCCCCCCCCCCCCCCCCCCCCCCCCCCCCCCCCCCCCCCC(=O)OCC(COC(OCC[N+](C)(C)C)C(=O)[O-])OC(=O)CCCCCCCCCCCCCCCCCCCCCCCCCCCCCCCCCCCCCCCCCCC. The van der Waals surface area contributed by atoms with Crippen LogP contribution in [0, 0.1) is 0 Å². The fourth-order valence-electron chi connectivity index (χ4n) is 15.9. The zero-order valence-electron chi connectivity index (χ0n) is 73.6. The lowest BCUT2D eigenvalue weighted by molar-refractivity contribution is -0.870. The monoisotopic (exact) mass is 1510 g/mol. The molecule has 0 radical (unpaired) electrons. The van der Waals surface area contributed by atoms with Crippen molar-refractivity contribution < 1.29 is 42.9 Å². The highest BCUT2D eigenvalue weighted by atomic mass is 16.7. The Morgan fingerprint density at radius 1 is 0.243 bits per heavy atom. The number of carboxylic acids is 1. The lowest BCUT2D eigenvalue weighted by Crippen LogP contribution is -2.44. The molecule has 0 aliphatic carbocycles. The van der Waals surface area contributed by atoms with E-state index in [-0.39, 0.29) is 32.2 Å². The van der Waals surface area contributed by atoms with Gasteiger partial charge in [0.15, 0.2) is 12.4 Å². The number of esters is 2. The highest BCUT2D eigenvalue weighted by Gasteiger charge is 2.22.